The number of carbonyl (C=O) groups excluding carboxylic acids is 1. The Labute approximate surface area is 99.0 Å². The van der Waals surface area contributed by atoms with Gasteiger partial charge >= 0.3 is 5.97 Å². The molecule has 0 amide bonds. The van der Waals surface area contributed by atoms with Crippen molar-refractivity contribution in [3.05, 3.63) is 35.6 Å². The van der Waals surface area contributed by atoms with Crippen molar-refractivity contribution in [1.29, 1.82) is 0 Å². The number of benzene rings is 1. The number of hydrogen-bond acceptors (Lipinski definition) is 4. The lowest BCUT2D eigenvalue weighted by molar-refractivity contribution is -0.146. The molecule has 92 valence electrons. The van der Waals surface area contributed by atoms with Crippen molar-refractivity contribution in [3.63, 3.8) is 0 Å². The summed E-state index contributed by atoms with van der Waals surface area (Å²) in [6, 6.07) is 5.95. The van der Waals surface area contributed by atoms with Crippen LogP contribution in [-0.2, 0) is 14.4 Å². The molecule has 1 rings (SSSR count). The first-order valence-electron chi connectivity index (χ1n) is 5.12. The predicted molar refractivity (Wildman–Crippen MR) is 61.1 cm³/mol. The number of halogens is 1. The van der Waals surface area contributed by atoms with Gasteiger partial charge in [0.05, 0.1) is 19.2 Å². The molecule has 0 unspecified atom stereocenters. The molecular formula is C12H14FNO3. The van der Waals surface area contributed by atoms with Crippen LogP contribution in [0.2, 0.25) is 0 Å². The van der Waals surface area contributed by atoms with Gasteiger partial charge in [-0.2, -0.15) is 0 Å². The number of ether oxygens (including phenoxy) is 1. The topological polar surface area (TPSA) is 47.9 Å². The highest BCUT2D eigenvalue weighted by molar-refractivity contribution is 5.78. The molecule has 0 aliphatic heterocycles. The van der Waals surface area contributed by atoms with Gasteiger partial charge in [-0.05, 0) is 24.6 Å². The molecule has 0 N–H and O–H groups in total. The Hall–Kier alpha value is -1.91. The average Bonchev–Trinajstić information content (AvgIpc) is 2.33. The third-order valence-corrected chi connectivity index (χ3v) is 2.05. The van der Waals surface area contributed by atoms with E-state index in [1.165, 1.54) is 25.5 Å². The molecule has 0 aromatic heterocycles. The molecule has 0 radical (unpaired) electrons. The zero-order chi connectivity index (χ0) is 12.7. The zero-order valence-corrected chi connectivity index (χ0v) is 9.72. The van der Waals surface area contributed by atoms with E-state index in [-0.39, 0.29) is 24.3 Å². The van der Waals surface area contributed by atoms with Crippen molar-refractivity contribution in [2.75, 3.05) is 13.7 Å². The summed E-state index contributed by atoms with van der Waals surface area (Å²) in [6.45, 7) is 1.79. The quantitative estimate of drug-likeness (QED) is 0.448. The lowest BCUT2D eigenvalue weighted by atomic mass is 10.2. The Kier molecular flexibility index (Phi) is 5.13. The zero-order valence-electron chi connectivity index (χ0n) is 9.72. The number of methoxy groups -OCH3 is 1. The second kappa shape index (κ2) is 6.62. The second-order valence-electron chi connectivity index (χ2n) is 3.51. The van der Waals surface area contributed by atoms with Crippen LogP contribution in [0.25, 0.3) is 0 Å². The number of nitrogens with zero attached hydrogens (tertiary/aromatic N) is 1. The molecule has 0 aliphatic rings. The van der Waals surface area contributed by atoms with Crippen LogP contribution in [0.5, 0.6) is 0 Å². The number of esters is 1. The summed E-state index contributed by atoms with van der Waals surface area (Å²) in [5.74, 6) is -1.08. The Bertz CT molecular complexity index is 406. The smallest absolute Gasteiger partial charge is 0.311 e. The van der Waals surface area contributed by atoms with E-state index in [1.807, 2.05) is 0 Å². The molecule has 0 aliphatic carbocycles. The first-order chi connectivity index (χ1) is 8.13. The van der Waals surface area contributed by atoms with Gasteiger partial charge in [-0.25, -0.2) is 4.39 Å². The van der Waals surface area contributed by atoms with E-state index in [9.17, 15) is 9.18 Å². The largest absolute Gasteiger partial charge is 0.469 e. The van der Waals surface area contributed by atoms with Crippen LogP contribution in [0.1, 0.15) is 12.5 Å². The Morgan fingerprint density at radius 3 is 3.00 bits per heavy atom. The van der Waals surface area contributed by atoms with Crippen LogP contribution in [0.3, 0.4) is 0 Å². The molecule has 1 atom stereocenters. The summed E-state index contributed by atoms with van der Waals surface area (Å²) in [6.07, 6.45) is 1.38. The van der Waals surface area contributed by atoms with Gasteiger partial charge in [0, 0.05) is 0 Å². The maximum absolute atomic E-state index is 12.8. The molecule has 0 saturated carbocycles. The van der Waals surface area contributed by atoms with Crippen molar-refractivity contribution in [3.8, 4) is 0 Å². The highest BCUT2D eigenvalue weighted by Gasteiger charge is 2.12. The van der Waals surface area contributed by atoms with Crippen LogP contribution in [0, 0.1) is 11.7 Å². The number of carbonyl (C=O) groups is 1. The number of rotatable bonds is 5. The van der Waals surface area contributed by atoms with E-state index >= 15 is 0 Å². The minimum atomic E-state index is -0.385. The molecule has 1 aromatic rings. The highest BCUT2D eigenvalue weighted by Crippen LogP contribution is 2.02. The van der Waals surface area contributed by atoms with E-state index in [0.29, 0.717) is 5.56 Å². The van der Waals surface area contributed by atoms with E-state index < -0.39 is 0 Å². The SMILES string of the molecule is COC(=O)[C@@H](C)CO/N=C/c1cccc(F)c1. The molecule has 0 heterocycles. The van der Waals surface area contributed by atoms with Crippen molar-refractivity contribution in [2.45, 2.75) is 6.92 Å². The molecule has 0 bridgehead atoms. The third kappa shape index (κ3) is 4.63. The van der Waals surface area contributed by atoms with Crippen LogP contribution in [0.15, 0.2) is 29.4 Å². The molecule has 1 aromatic carbocycles. The van der Waals surface area contributed by atoms with Crippen LogP contribution >= 0.6 is 0 Å². The molecule has 0 saturated heterocycles. The fourth-order valence-electron chi connectivity index (χ4n) is 1.11. The number of oxime groups is 1. The van der Waals surface area contributed by atoms with Gasteiger partial charge in [-0.3, -0.25) is 4.79 Å². The summed E-state index contributed by atoms with van der Waals surface area (Å²) in [7, 11) is 1.31. The van der Waals surface area contributed by atoms with Gasteiger partial charge in [0.25, 0.3) is 0 Å². The fourth-order valence-corrected chi connectivity index (χ4v) is 1.11. The maximum atomic E-state index is 12.8. The normalized spacial score (nSPS) is 12.4. The minimum Gasteiger partial charge on any atom is -0.469 e. The molecule has 0 spiro atoms. The van der Waals surface area contributed by atoms with E-state index in [4.69, 9.17) is 4.84 Å². The highest BCUT2D eigenvalue weighted by atomic mass is 19.1. The summed E-state index contributed by atoms with van der Waals surface area (Å²) in [5, 5.41) is 3.64. The Morgan fingerprint density at radius 1 is 1.59 bits per heavy atom. The van der Waals surface area contributed by atoms with Crippen LogP contribution in [-0.4, -0.2) is 25.9 Å². The van der Waals surface area contributed by atoms with Gasteiger partial charge in [-0.15, -0.1) is 0 Å². The van der Waals surface area contributed by atoms with Gasteiger partial charge in [0.1, 0.15) is 12.4 Å². The molecule has 0 fully saturated rings. The molecule has 4 nitrogen and oxygen atoms in total. The first-order valence-corrected chi connectivity index (χ1v) is 5.12. The average molecular weight is 239 g/mol. The summed E-state index contributed by atoms with van der Waals surface area (Å²) >= 11 is 0. The molecule has 17 heavy (non-hydrogen) atoms. The minimum absolute atomic E-state index is 0.124. The molecular weight excluding hydrogens is 225 g/mol. The summed E-state index contributed by atoms with van der Waals surface area (Å²) < 4.78 is 17.3. The van der Waals surface area contributed by atoms with Crippen LogP contribution in [0.4, 0.5) is 4.39 Å². The van der Waals surface area contributed by atoms with Crippen molar-refractivity contribution in [2.24, 2.45) is 11.1 Å². The third-order valence-electron chi connectivity index (χ3n) is 2.05. The monoisotopic (exact) mass is 239 g/mol. The van der Waals surface area contributed by atoms with E-state index in [1.54, 1.807) is 19.1 Å². The summed E-state index contributed by atoms with van der Waals surface area (Å²) in [5.41, 5.74) is 0.593. The predicted octanol–water partition coefficient (Wildman–Crippen LogP) is 1.99. The number of hydrogen-bond donors (Lipinski definition) is 0. The standard InChI is InChI=1S/C12H14FNO3/c1-9(12(15)16-2)8-17-14-7-10-4-3-5-11(13)6-10/h3-7,9H,8H2,1-2H3/b14-7+/t9-/m0/s1. The van der Waals surface area contributed by atoms with E-state index in [0.717, 1.165) is 0 Å². The van der Waals surface area contributed by atoms with Crippen molar-refractivity contribution in [1.82, 2.24) is 0 Å². The Balaban J connectivity index is 2.38. The van der Waals surface area contributed by atoms with Gasteiger partial charge in [-0.1, -0.05) is 17.3 Å². The maximum Gasteiger partial charge on any atom is 0.311 e. The van der Waals surface area contributed by atoms with Gasteiger partial charge in [0.15, 0.2) is 0 Å². The second-order valence-corrected chi connectivity index (χ2v) is 3.51. The molecule has 5 heteroatoms. The lowest BCUT2D eigenvalue weighted by Gasteiger charge is -2.06. The van der Waals surface area contributed by atoms with Crippen LogP contribution < -0.4 is 0 Å². The summed E-state index contributed by atoms with van der Waals surface area (Å²) in [4.78, 5) is 15.9. The van der Waals surface area contributed by atoms with Crippen molar-refractivity contribution >= 4 is 12.2 Å². The van der Waals surface area contributed by atoms with E-state index in [2.05, 4.69) is 9.89 Å². The van der Waals surface area contributed by atoms with Gasteiger partial charge in [0.2, 0.25) is 0 Å². The van der Waals surface area contributed by atoms with Crippen molar-refractivity contribution < 1.29 is 18.8 Å². The van der Waals surface area contributed by atoms with Gasteiger partial charge < -0.3 is 9.57 Å². The lowest BCUT2D eigenvalue weighted by Crippen LogP contribution is -2.17. The Morgan fingerprint density at radius 2 is 2.35 bits per heavy atom. The first kappa shape index (κ1) is 13.2. The fraction of sp³-hybridized carbons (Fsp3) is 0.333.